The van der Waals surface area contributed by atoms with E-state index in [1.165, 1.54) is 6.33 Å². The maximum absolute atomic E-state index is 14.3. The van der Waals surface area contributed by atoms with Crippen LogP contribution in [0.3, 0.4) is 0 Å². The van der Waals surface area contributed by atoms with E-state index in [2.05, 4.69) is 15.3 Å². The molecule has 4 aromatic rings. The van der Waals surface area contributed by atoms with Crippen LogP contribution in [-0.4, -0.2) is 73.7 Å². The predicted molar refractivity (Wildman–Crippen MR) is 198 cm³/mol. The second kappa shape index (κ2) is 18.4. The second-order valence-corrected chi connectivity index (χ2v) is 14.4. The van der Waals surface area contributed by atoms with Crippen molar-refractivity contribution in [2.45, 2.75) is 103 Å². The summed E-state index contributed by atoms with van der Waals surface area (Å²) in [5.41, 5.74) is 7.61. The van der Waals surface area contributed by atoms with Crippen LogP contribution < -0.4 is 11.1 Å². The normalized spacial score (nSPS) is 13.9. The van der Waals surface area contributed by atoms with Crippen LogP contribution in [0.2, 0.25) is 0 Å². The predicted octanol–water partition coefficient (Wildman–Crippen LogP) is 5.22. The maximum atomic E-state index is 14.3. The minimum absolute atomic E-state index is 0.0138. The minimum Gasteiger partial charge on any atom is -0.461 e. The number of nitrogens with one attached hydrogen (secondary N) is 2. The van der Waals surface area contributed by atoms with Crippen molar-refractivity contribution in [3.63, 3.8) is 0 Å². The van der Waals surface area contributed by atoms with E-state index in [9.17, 15) is 24.3 Å². The molecule has 0 bridgehead atoms. The number of nitrogens with two attached hydrogens (primary N) is 1. The number of carbonyl (C=O) groups excluding carboxylic acids is 4. The summed E-state index contributed by atoms with van der Waals surface area (Å²) in [4.78, 5) is 63.0. The van der Waals surface area contributed by atoms with E-state index < -0.39 is 53.7 Å². The fraction of sp³-hybridized carbons (Fsp3) is 0.425. The summed E-state index contributed by atoms with van der Waals surface area (Å²) >= 11 is 0. The Labute approximate surface area is 305 Å². The number of hydrogen-bond donors (Lipinski definition) is 4. The molecule has 1 heterocycles. The number of esters is 1. The van der Waals surface area contributed by atoms with Crippen molar-refractivity contribution in [2.24, 2.45) is 11.7 Å². The molecule has 12 heteroatoms. The van der Waals surface area contributed by atoms with Crippen molar-refractivity contribution < 1.29 is 33.8 Å². The smallest absolute Gasteiger partial charge is 0.417 e. The molecule has 0 aliphatic rings. The van der Waals surface area contributed by atoms with Crippen LogP contribution in [-0.2, 0) is 43.3 Å². The van der Waals surface area contributed by atoms with Gasteiger partial charge in [-0.05, 0) is 67.9 Å². The fourth-order valence-corrected chi connectivity index (χ4v) is 5.93. The molecule has 0 saturated heterocycles. The summed E-state index contributed by atoms with van der Waals surface area (Å²) in [6, 6.07) is 19.2. The Morgan fingerprint density at radius 1 is 0.962 bits per heavy atom. The lowest BCUT2D eigenvalue weighted by molar-refractivity contribution is -0.146. The van der Waals surface area contributed by atoms with Crippen molar-refractivity contribution in [3.8, 4) is 0 Å². The van der Waals surface area contributed by atoms with Crippen LogP contribution >= 0.6 is 0 Å². The minimum atomic E-state index is -1.44. The molecule has 0 aliphatic heterocycles. The highest BCUT2D eigenvalue weighted by Gasteiger charge is 2.41. The number of rotatable bonds is 16. The van der Waals surface area contributed by atoms with E-state index in [0.717, 1.165) is 26.8 Å². The van der Waals surface area contributed by atoms with Gasteiger partial charge in [0.05, 0.1) is 30.2 Å². The van der Waals surface area contributed by atoms with Crippen LogP contribution in [0.5, 0.6) is 0 Å². The number of aromatic nitrogens is 2. The van der Waals surface area contributed by atoms with Crippen LogP contribution in [0, 0.1) is 5.92 Å². The molecule has 4 atom stereocenters. The maximum Gasteiger partial charge on any atom is 0.417 e. The number of benzene rings is 3. The number of amides is 3. The summed E-state index contributed by atoms with van der Waals surface area (Å²) in [6.07, 6.45) is 1.03. The first-order chi connectivity index (χ1) is 24.7. The average Bonchev–Trinajstić information content (AvgIpc) is 3.62. The highest BCUT2D eigenvalue weighted by Crippen LogP contribution is 2.22. The van der Waals surface area contributed by atoms with Gasteiger partial charge >= 0.3 is 12.1 Å². The van der Waals surface area contributed by atoms with Crippen LogP contribution in [0.4, 0.5) is 4.79 Å². The lowest BCUT2D eigenvalue weighted by atomic mass is 9.95. The van der Waals surface area contributed by atoms with Gasteiger partial charge in [-0.1, -0.05) is 86.6 Å². The third-order valence-electron chi connectivity index (χ3n) is 8.44. The number of carbonyl (C=O) groups is 4. The summed E-state index contributed by atoms with van der Waals surface area (Å²) in [7, 11) is 0. The molecule has 0 aliphatic carbocycles. The zero-order valence-corrected chi connectivity index (χ0v) is 30.6. The van der Waals surface area contributed by atoms with Crippen molar-refractivity contribution in [3.05, 3.63) is 102 Å². The van der Waals surface area contributed by atoms with Gasteiger partial charge in [-0.3, -0.25) is 14.4 Å². The summed E-state index contributed by atoms with van der Waals surface area (Å²) < 4.78 is 11.1. The summed E-state index contributed by atoms with van der Waals surface area (Å²) in [6.45, 7) is 8.95. The van der Waals surface area contributed by atoms with Gasteiger partial charge in [-0.2, -0.15) is 0 Å². The molecule has 278 valence electrons. The van der Waals surface area contributed by atoms with Gasteiger partial charge in [0.15, 0.2) is 0 Å². The van der Waals surface area contributed by atoms with Crippen LogP contribution in [0.1, 0.15) is 70.7 Å². The topological polar surface area (TPSA) is 177 Å². The number of ether oxygens (including phenoxy) is 2. The molecular formula is C40H51N5O7. The number of aliphatic hydroxyl groups is 1. The van der Waals surface area contributed by atoms with E-state index in [1.54, 1.807) is 27.0 Å². The summed E-state index contributed by atoms with van der Waals surface area (Å²) in [5.74, 6) is -1.97. The van der Waals surface area contributed by atoms with Crippen molar-refractivity contribution in [1.82, 2.24) is 20.2 Å². The van der Waals surface area contributed by atoms with E-state index >= 15 is 0 Å². The number of imide groups is 1. The Morgan fingerprint density at radius 2 is 1.65 bits per heavy atom. The van der Waals surface area contributed by atoms with Gasteiger partial charge in [-0.25, -0.2) is 14.7 Å². The lowest BCUT2D eigenvalue weighted by Crippen LogP contribution is -2.60. The largest absolute Gasteiger partial charge is 0.461 e. The SMILES string of the molecule is CC(C)C[C@H](NC(=O)C(Cc1c[nH]cn1)N(C(=O)OC(C)(C)C)C(=O)[C@@H](N)Cc1cccc2ccccc12)[C@@H](O)CCC(=O)OCc1ccccc1. The first-order valence-electron chi connectivity index (χ1n) is 17.7. The van der Waals surface area contributed by atoms with Crippen LogP contribution in [0.25, 0.3) is 10.8 Å². The highest BCUT2D eigenvalue weighted by molar-refractivity contribution is 6.00. The van der Waals surface area contributed by atoms with Gasteiger partial charge in [0.25, 0.3) is 0 Å². The Hall–Kier alpha value is -5.07. The van der Waals surface area contributed by atoms with E-state index in [4.69, 9.17) is 15.2 Å². The monoisotopic (exact) mass is 713 g/mol. The number of aliphatic hydroxyl groups excluding tert-OH is 1. The Kier molecular flexibility index (Phi) is 14.1. The Morgan fingerprint density at radius 3 is 2.33 bits per heavy atom. The first-order valence-corrected chi connectivity index (χ1v) is 17.7. The number of nitrogens with zero attached hydrogens (tertiary/aromatic N) is 2. The standard InChI is InChI=1S/C40H51N5O7/c1-26(2)20-33(35(46)18-19-36(47)51-24-27-12-7-6-8-13-27)44-37(48)34(22-30-23-42-25-43-30)45(39(50)52-40(3,4)5)38(49)32(41)21-29-16-11-15-28-14-9-10-17-31(28)29/h6-17,23,25-26,32-35,46H,18-22,24,41H2,1-5H3,(H,42,43)(H,44,48)/t32-,33-,34?,35-/m0/s1. The molecule has 0 saturated carbocycles. The molecule has 1 unspecified atom stereocenters. The Bertz CT molecular complexity index is 1770. The number of imidazole rings is 1. The van der Waals surface area contributed by atoms with E-state index in [1.807, 2.05) is 86.6 Å². The number of hydrogen-bond acceptors (Lipinski definition) is 9. The zero-order valence-electron chi connectivity index (χ0n) is 30.6. The average molecular weight is 714 g/mol. The molecule has 1 aromatic heterocycles. The number of aromatic amines is 1. The van der Waals surface area contributed by atoms with Crippen molar-refractivity contribution in [2.75, 3.05) is 0 Å². The molecule has 52 heavy (non-hydrogen) atoms. The van der Waals surface area contributed by atoms with Crippen molar-refractivity contribution >= 4 is 34.6 Å². The molecule has 4 rings (SSSR count). The molecule has 0 fully saturated rings. The fourth-order valence-electron chi connectivity index (χ4n) is 5.93. The molecule has 0 spiro atoms. The number of fused-ring (bicyclic) bond motifs is 1. The van der Waals surface area contributed by atoms with Crippen molar-refractivity contribution in [1.29, 1.82) is 0 Å². The molecule has 12 nitrogen and oxygen atoms in total. The van der Waals surface area contributed by atoms with Gasteiger partial charge in [-0.15, -0.1) is 0 Å². The highest BCUT2D eigenvalue weighted by atomic mass is 16.6. The van der Waals surface area contributed by atoms with Gasteiger partial charge in [0.1, 0.15) is 18.2 Å². The first kappa shape index (κ1) is 39.7. The third-order valence-corrected chi connectivity index (χ3v) is 8.44. The number of H-pyrrole nitrogens is 1. The zero-order chi connectivity index (χ0) is 37.8. The molecular weight excluding hydrogens is 662 g/mol. The van der Waals surface area contributed by atoms with E-state index in [-0.39, 0.29) is 38.2 Å². The Balaban J connectivity index is 1.59. The molecule has 0 radical (unpaired) electrons. The quantitative estimate of drug-likeness (QED) is 0.113. The van der Waals surface area contributed by atoms with Gasteiger partial charge in [0, 0.05) is 19.0 Å². The van der Waals surface area contributed by atoms with Gasteiger partial charge < -0.3 is 30.6 Å². The lowest BCUT2D eigenvalue weighted by Gasteiger charge is -2.34. The second-order valence-electron chi connectivity index (χ2n) is 14.4. The summed E-state index contributed by atoms with van der Waals surface area (Å²) in [5, 5.41) is 16.1. The van der Waals surface area contributed by atoms with Crippen LogP contribution in [0.15, 0.2) is 85.3 Å². The molecule has 5 N–H and O–H groups in total. The third kappa shape index (κ3) is 11.7. The molecule has 3 aromatic carbocycles. The van der Waals surface area contributed by atoms with E-state index in [0.29, 0.717) is 12.1 Å². The van der Waals surface area contributed by atoms with Gasteiger partial charge in [0.2, 0.25) is 11.8 Å². The molecule has 3 amide bonds.